The normalized spacial score (nSPS) is 20.2. The minimum atomic E-state index is -3.94. The number of sulfonamides is 1. The number of ether oxygens (including phenoxy) is 1. The molecule has 2 aromatic rings. The number of carboxylic acid groups (broad SMARTS) is 1. The van der Waals surface area contributed by atoms with Gasteiger partial charge >= 0.3 is 5.97 Å². The highest BCUT2D eigenvalue weighted by atomic mass is 32.2. The van der Waals surface area contributed by atoms with E-state index in [0.29, 0.717) is 39.0 Å². The molecule has 2 heterocycles. The van der Waals surface area contributed by atoms with Crippen LogP contribution in [0.1, 0.15) is 42.7 Å². The standard InChI is InChI=1S/C26H34N2O5S/c1-19-17-21(7-8-24(19)22-5-4-6-23(18-22)33-3)20-9-13-28(14-10-20)34(31,32)26(25(29)30)11-15-27(2)16-12-26/h4-8,17-18,20H,9-16H2,1-3H3,(H,29,30). The van der Waals surface area contributed by atoms with Gasteiger partial charge in [0.1, 0.15) is 5.75 Å². The van der Waals surface area contributed by atoms with Crippen molar-refractivity contribution in [2.45, 2.75) is 43.3 Å². The van der Waals surface area contributed by atoms with Crippen molar-refractivity contribution in [1.82, 2.24) is 9.21 Å². The van der Waals surface area contributed by atoms with Crippen LogP contribution < -0.4 is 4.74 Å². The summed E-state index contributed by atoms with van der Waals surface area (Å²) in [6.45, 7) is 3.75. The van der Waals surface area contributed by atoms with Crippen molar-refractivity contribution in [3.05, 3.63) is 53.6 Å². The highest BCUT2D eigenvalue weighted by molar-refractivity contribution is 7.91. The van der Waals surface area contributed by atoms with E-state index in [1.807, 2.05) is 30.1 Å². The van der Waals surface area contributed by atoms with Crippen LogP contribution >= 0.6 is 0 Å². The van der Waals surface area contributed by atoms with Crippen LogP contribution in [0.3, 0.4) is 0 Å². The largest absolute Gasteiger partial charge is 0.497 e. The van der Waals surface area contributed by atoms with Crippen molar-refractivity contribution in [2.24, 2.45) is 0 Å². The molecule has 0 spiro atoms. The molecule has 0 bridgehead atoms. The minimum Gasteiger partial charge on any atom is -0.497 e. The fraction of sp³-hybridized carbons (Fsp3) is 0.500. The SMILES string of the molecule is COc1cccc(-c2ccc(C3CCN(S(=O)(=O)C4(C(=O)O)CCN(C)CC4)CC3)cc2C)c1. The molecule has 2 saturated heterocycles. The molecule has 2 aliphatic heterocycles. The Hall–Kier alpha value is -2.42. The van der Waals surface area contributed by atoms with Crippen LogP contribution in [0.25, 0.3) is 11.1 Å². The Balaban J connectivity index is 1.48. The molecule has 0 atom stereocenters. The van der Waals surface area contributed by atoms with Gasteiger partial charge in [-0.15, -0.1) is 0 Å². The fourth-order valence-corrected chi connectivity index (χ4v) is 7.40. The molecule has 2 aromatic carbocycles. The molecule has 8 heteroatoms. The second kappa shape index (κ2) is 9.68. The van der Waals surface area contributed by atoms with Crippen molar-refractivity contribution < 1.29 is 23.1 Å². The summed E-state index contributed by atoms with van der Waals surface area (Å²) >= 11 is 0. The van der Waals surface area contributed by atoms with Crippen LogP contribution in [0.4, 0.5) is 0 Å². The zero-order valence-corrected chi connectivity index (χ0v) is 21.0. The lowest BCUT2D eigenvalue weighted by Gasteiger charge is -2.41. The number of carboxylic acids is 1. The number of rotatable bonds is 6. The number of aliphatic carboxylic acids is 1. The lowest BCUT2D eigenvalue weighted by molar-refractivity contribution is -0.141. The summed E-state index contributed by atoms with van der Waals surface area (Å²) in [5.74, 6) is -0.146. The van der Waals surface area contributed by atoms with Gasteiger partial charge < -0.3 is 14.7 Å². The maximum Gasteiger partial charge on any atom is 0.326 e. The summed E-state index contributed by atoms with van der Waals surface area (Å²) < 4.78 is 32.0. The number of hydrogen-bond acceptors (Lipinski definition) is 5. The molecule has 2 aliphatic rings. The molecule has 4 rings (SSSR count). The summed E-state index contributed by atoms with van der Waals surface area (Å²) in [4.78, 5) is 14.1. The van der Waals surface area contributed by atoms with Gasteiger partial charge in [-0.3, -0.25) is 4.79 Å². The highest BCUT2D eigenvalue weighted by Crippen LogP contribution is 2.38. The number of carbonyl (C=O) groups is 1. The van der Waals surface area contributed by atoms with E-state index < -0.39 is 20.7 Å². The van der Waals surface area contributed by atoms with Crippen molar-refractivity contribution in [3.63, 3.8) is 0 Å². The van der Waals surface area contributed by atoms with Gasteiger partial charge in [-0.05, 0) is 93.0 Å². The smallest absolute Gasteiger partial charge is 0.326 e. The molecule has 0 unspecified atom stereocenters. The Morgan fingerprint density at radius 1 is 1.06 bits per heavy atom. The number of hydrogen-bond donors (Lipinski definition) is 1. The van der Waals surface area contributed by atoms with E-state index in [2.05, 4.69) is 31.2 Å². The predicted molar refractivity (Wildman–Crippen MR) is 133 cm³/mol. The molecule has 0 amide bonds. The number of aryl methyl sites for hydroxylation is 1. The first-order chi connectivity index (χ1) is 16.2. The van der Waals surface area contributed by atoms with Gasteiger partial charge in [0.05, 0.1) is 7.11 Å². The van der Waals surface area contributed by atoms with E-state index >= 15 is 0 Å². The summed E-state index contributed by atoms with van der Waals surface area (Å²) in [5.41, 5.74) is 4.61. The highest BCUT2D eigenvalue weighted by Gasteiger charge is 2.55. The summed E-state index contributed by atoms with van der Waals surface area (Å²) in [6, 6.07) is 14.4. The van der Waals surface area contributed by atoms with E-state index in [-0.39, 0.29) is 18.8 Å². The first kappa shape index (κ1) is 24.7. The third kappa shape index (κ3) is 4.46. The van der Waals surface area contributed by atoms with Crippen LogP contribution in [-0.4, -0.2) is 73.8 Å². The Morgan fingerprint density at radius 2 is 1.74 bits per heavy atom. The third-order valence-electron chi connectivity index (χ3n) is 7.57. The molecule has 34 heavy (non-hydrogen) atoms. The van der Waals surface area contributed by atoms with E-state index in [1.165, 1.54) is 9.87 Å². The number of methoxy groups -OCH3 is 1. The van der Waals surface area contributed by atoms with Crippen molar-refractivity contribution in [3.8, 4) is 16.9 Å². The molecule has 7 nitrogen and oxygen atoms in total. The van der Waals surface area contributed by atoms with Gasteiger partial charge in [0.25, 0.3) is 0 Å². The van der Waals surface area contributed by atoms with Crippen LogP contribution in [0.15, 0.2) is 42.5 Å². The first-order valence-corrected chi connectivity index (χ1v) is 13.3. The Bertz CT molecular complexity index is 1150. The Kier molecular flexibility index (Phi) is 7.03. The molecule has 0 radical (unpaired) electrons. The molecular formula is C26H34N2O5S. The van der Waals surface area contributed by atoms with Crippen LogP contribution in [0, 0.1) is 6.92 Å². The molecule has 0 aromatic heterocycles. The van der Waals surface area contributed by atoms with E-state index in [9.17, 15) is 18.3 Å². The molecule has 2 fully saturated rings. The van der Waals surface area contributed by atoms with Gasteiger partial charge in [-0.1, -0.05) is 30.3 Å². The summed E-state index contributed by atoms with van der Waals surface area (Å²) in [5, 5.41) is 9.92. The minimum absolute atomic E-state index is 0.131. The average Bonchev–Trinajstić information content (AvgIpc) is 2.84. The van der Waals surface area contributed by atoms with E-state index in [0.717, 1.165) is 22.4 Å². The predicted octanol–water partition coefficient (Wildman–Crippen LogP) is 3.73. The number of nitrogens with zero attached hydrogens (tertiary/aromatic N) is 2. The van der Waals surface area contributed by atoms with E-state index in [4.69, 9.17) is 4.74 Å². The average molecular weight is 487 g/mol. The van der Waals surface area contributed by atoms with Gasteiger partial charge in [0.15, 0.2) is 4.75 Å². The first-order valence-electron chi connectivity index (χ1n) is 11.8. The number of benzene rings is 2. The Labute approximate surface area is 202 Å². The van der Waals surface area contributed by atoms with Crippen LogP contribution in [0.2, 0.25) is 0 Å². The second-order valence-corrected chi connectivity index (χ2v) is 11.8. The number of piperidine rings is 2. The quantitative estimate of drug-likeness (QED) is 0.670. The lowest BCUT2D eigenvalue weighted by Crippen LogP contribution is -2.59. The molecular weight excluding hydrogens is 452 g/mol. The second-order valence-electron chi connectivity index (χ2n) is 9.59. The van der Waals surface area contributed by atoms with Gasteiger partial charge in [-0.25, -0.2) is 12.7 Å². The maximum atomic E-state index is 13.5. The summed E-state index contributed by atoms with van der Waals surface area (Å²) in [6.07, 6.45) is 1.64. The number of likely N-dealkylation sites (tertiary alicyclic amines) is 1. The fourth-order valence-electron chi connectivity index (χ4n) is 5.29. The van der Waals surface area contributed by atoms with Crippen LogP contribution in [-0.2, 0) is 14.8 Å². The molecule has 1 N–H and O–H groups in total. The van der Waals surface area contributed by atoms with E-state index in [1.54, 1.807) is 7.11 Å². The van der Waals surface area contributed by atoms with Crippen molar-refractivity contribution in [1.29, 1.82) is 0 Å². The maximum absolute atomic E-state index is 13.5. The zero-order valence-electron chi connectivity index (χ0n) is 20.2. The molecule has 0 aliphatic carbocycles. The summed E-state index contributed by atoms with van der Waals surface area (Å²) in [7, 11) is -0.384. The monoisotopic (exact) mass is 486 g/mol. The molecule has 184 valence electrons. The molecule has 0 saturated carbocycles. The lowest BCUT2D eigenvalue weighted by atomic mass is 9.87. The topological polar surface area (TPSA) is 87.1 Å². The van der Waals surface area contributed by atoms with Gasteiger partial charge in [-0.2, -0.15) is 0 Å². The van der Waals surface area contributed by atoms with Crippen molar-refractivity contribution in [2.75, 3.05) is 40.3 Å². The Morgan fingerprint density at radius 3 is 2.32 bits per heavy atom. The van der Waals surface area contributed by atoms with Gasteiger partial charge in [0, 0.05) is 13.1 Å². The third-order valence-corrected chi connectivity index (χ3v) is 10.2. The van der Waals surface area contributed by atoms with Gasteiger partial charge in [0.2, 0.25) is 10.0 Å². The van der Waals surface area contributed by atoms with Crippen molar-refractivity contribution >= 4 is 16.0 Å². The zero-order chi connectivity index (χ0) is 24.5. The van der Waals surface area contributed by atoms with Crippen LogP contribution in [0.5, 0.6) is 5.75 Å².